The van der Waals surface area contributed by atoms with Gasteiger partial charge in [-0.1, -0.05) is 42.8 Å². The molecule has 1 fully saturated rings. The molecule has 0 aromatic heterocycles. The molecule has 26 heavy (non-hydrogen) atoms. The zero-order valence-electron chi connectivity index (χ0n) is 14.9. The van der Waals surface area contributed by atoms with Crippen molar-refractivity contribution in [3.63, 3.8) is 0 Å². The van der Waals surface area contributed by atoms with Gasteiger partial charge in [-0.2, -0.15) is 0 Å². The van der Waals surface area contributed by atoms with Crippen LogP contribution in [0.5, 0.6) is 0 Å². The SMILES string of the molecule is CCc1ccc(NC(=O)C2CC(=O)N(CCc3ccc(Cl)cc3)C2)cc1. The molecule has 0 aliphatic carbocycles. The lowest BCUT2D eigenvalue weighted by atomic mass is 10.1. The number of hydrogen-bond acceptors (Lipinski definition) is 2. The number of nitrogens with one attached hydrogen (secondary N) is 1. The van der Waals surface area contributed by atoms with Crippen LogP contribution in [0.25, 0.3) is 0 Å². The highest BCUT2D eigenvalue weighted by molar-refractivity contribution is 6.30. The van der Waals surface area contributed by atoms with E-state index in [9.17, 15) is 9.59 Å². The third-order valence-electron chi connectivity index (χ3n) is 4.80. The van der Waals surface area contributed by atoms with Crippen LogP contribution >= 0.6 is 11.6 Å². The van der Waals surface area contributed by atoms with E-state index >= 15 is 0 Å². The van der Waals surface area contributed by atoms with Gasteiger partial charge in [-0.05, 0) is 48.2 Å². The lowest BCUT2D eigenvalue weighted by Gasteiger charge is -2.16. The lowest BCUT2D eigenvalue weighted by Crippen LogP contribution is -2.30. The van der Waals surface area contributed by atoms with E-state index in [4.69, 9.17) is 11.6 Å². The van der Waals surface area contributed by atoms with Gasteiger partial charge in [0, 0.05) is 30.2 Å². The summed E-state index contributed by atoms with van der Waals surface area (Å²) in [5, 5.41) is 3.63. The molecular weight excluding hydrogens is 348 g/mol. The quantitative estimate of drug-likeness (QED) is 0.837. The zero-order valence-corrected chi connectivity index (χ0v) is 15.6. The summed E-state index contributed by atoms with van der Waals surface area (Å²) in [6.07, 6.45) is 2.00. The van der Waals surface area contributed by atoms with Crippen LogP contribution in [0.1, 0.15) is 24.5 Å². The molecule has 3 rings (SSSR count). The van der Waals surface area contributed by atoms with Gasteiger partial charge in [0.25, 0.3) is 0 Å². The predicted octanol–water partition coefficient (Wildman–Crippen LogP) is 3.93. The Hall–Kier alpha value is -2.33. The van der Waals surface area contributed by atoms with Gasteiger partial charge >= 0.3 is 0 Å². The molecule has 1 N–H and O–H groups in total. The van der Waals surface area contributed by atoms with Gasteiger partial charge in [0.15, 0.2) is 0 Å². The number of carbonyl (C=O) groups excluding carboxylic acids is 2. The lowest BCUT2D eigenvalue weighted by molar-refractivity contribution is -0.128. The number of aryl methyl sites for hydroxylation is 1. The summed E-state index contributed by atoms with van der Waals surface area (Å²) in [4.78, 5) is 26.5. The number of hydrogen-bond donors (Lipinski definition) is 1. The molecule has 0 bridgehead atoms. The maximum absolute atomic E-state index is 12.5. The Bertz CT molecular complexity index is 772. The first-order valence-electron chi connectivity index (χ1n) is 8.97. The summed E-state index contributed by atoms with van der Waals surface area (Å²) in [5.74, 6) is -0.337. The van der Waals surface area contributed by atoms with Crippen molar-refractivity contribution >= 4 is 29.1 Å². The van der Waals surface area contributed by atoms with Crippen molar-refractivity contribution in [1.29, 1.82) is 0 Å². The fourth-order valence-corrected chi connectivity index (χ4v) is 3.27. The zero-order chi connectivity index (χ0) is 18.5. The minimum atomic E-state index is -0.293. The largest absolute Gasteiger partial charge is 0.342 e. The minimum Gasteiger partial charge on any atom is -0.342 e. The number of halogens is 1. The average molecular weight is 371 g/mol. The van der Waals surface area contributed by atoms with Crippen LogP contribution in [0.3, 0.4) is 0 Å². The van der Waals surface area contributed by atoms with Crippen LogP contribution in [0.15, 0.2) is 48.5 Å². The van der Waals surface area contributed by atoms with Crippen molar-refractivity contribution in [2.45, 2.75) is 26.2 Å². The molecular formula is C21H23ClN2O2. The summed E-state index contributed by atoms with van der Waals surface area (Å²) < 4.78 is 0. The third-order valence-corrected chi connectivity index (χ3v) is 5.05. The molecule has 1 aliphatic heterocycles. The van der Waals surface area contributed by atoms with Crippen molar-refractivity contribution in [1.82, 2.24) is 4.90 Å². The Morgan fingerprint density at radius 1 is 1.12 bits per heavy atom. The van der Waals surface area contributed by atoms with Crippen LogP contribution in [0, 0.1) is 5.92 Å². The van der Waals surface area contributed by atoms with E-state index in [0.29, 0.717) is 18.1 Å². The summed E-state index contributed by atoms with van der Waals surface area (Å²) in [5.41, 5.74) is 3.14. The van der Waals surface area contributed by atoms with E-state index in [1.165, 1.54) is 5.56 Å². The van der Waals surface area contributed by atoms with Gasteiger partial charge in [-0.25, -0.2) is 0 Å². The Balaban J connectivity index is 1.52. The van der Waals surface area contributed by atoms with Gasteiger partial charge in [0.05, 0.1) is 5.92 Å². The number of nitrogens with zero attached hydrogens (tertiary/aromatic N) is 1. The Kier molecular flexibility index (Phi) is 5.94. The molecule has 2 amide bonds. The number of carbonyl (C=O) groups is 2. The first-order valence-corrected chi connectivity index (χ1v) is 9.35. The first-order chi connectivity index (χ1) is 12.5. The molecule has 2 aromatic carbocycles. The molecule has 2 aromatic rings. The number of rotatable bonds is 6. The van der Waals surface area contributed by atoms with E-state index in [1.807, 2.05) is 48.5 Å². The average Bonchev–Trinajstić information content (AvgIpc) is 3.03. The fraction of sp³-hybridized carbons (Fsp3) is 0.333. The van der Waals surface area contributed by atoms with Crippen molar-refractivity contribution < 1.29 is 9.59 Å². The maximum Gasteiger partial charge on any atom is 0.229 e. The maximum atomic E-state index is 12.5. The van der Waals surface area contributed by atoms with Crippen molar-refractivity contribution in [2.75, 3.05) is 18.4 Å². The molecule has 5 heteroatoms. The highest BCUT2D eigenvalue weighted by atomic mass is 35.5. The molecule has 1 heterocycles. The third kappa shape index (κ3) is 4.64. The summed E-state index contributed by atoms with van der Waals surface area (Å²) in [6, 6.07) is 15.5. The molecule has 1 aliphatic rings. The number of benzene rings is 2. The van der Waals surface area contributed by atoms with Gasteiger partial charge in [-0.3, -0.25) is 9.59 Å². The Labute approximate surface area is 159 Å². The van der Waals surface area contributed by atoms with Crippen molar-refractivity contribution in [3.05, 3.63) is 64.7 Å². The summed E-state index contributed by atoms with van der Waals surface area (Å²) >= 11 is 5.89. The van der Waals surface area contributed by atoms with E-state index in [-0.39, 0.29) is 24.2 Å². The molecule has 0 saturated carbocycles. The number of amides is 2. The second-order valence-corrected chi connectivity index (χ2v) is 7.09. The minimum absolute atomic E-state index is 0.0421. The predicted molar refractivity (Wildman–Crippen MR) is 104 cm³/mol. The van der Waals surface area contributed by atoms with Crippen molar-refractivity contribution in [2.24, 2.45) is 5.92 Å². The normalized spacial score (nSPS) is 16.8. The topological polar surface area (TPSA) is 49.4 Å². The van der Waals surface area contributed by atoms with E-state index in [1.54, 1.807) is 4.90 Å². The van der Waals surface area contributed by atoms with E-state index in [2.05, 4.69) is 12.2 Å². The highest BCUT2D eigenvalue weighted by Crippen LogP contribution is 2.21. The molecule has 1 atom stereocenters. The number of anilines is 1. The van der Waals surface area contributed by atoms with E-state index < -0.39 is 0 Å². The highest BCUT2D eigenvalue weighted by Gasteiger charge is 2.33. The Morgan fingerprint density at radius 3 is 2.42 bits per heavy atom. The van der Waals surface area contributed by atoms with Gasteiger partial charge in [0.1, 0.15) is 0 Å². The fourth-order valence-electron chi connectivity index (χ4n) is 3.15. The van der Waals surface area contributed by atoms with Crippen LogP contribution in [0.4, 0.5) is 5.69 Å². The second kappa shape index (κ2) is 8.37. The second-order valence-electron chi connectivity index (χ2n) is 6.66. The molecule has 0 spiro atoms. The summed E-state index contributed by atoms with van der Waals surface area (Å²) in [7, 11) is 0. The molecule has 0 radical (unpaired) electrons. The molecule has 1 saturated heterocycles. The van der Waals surface area contributed by atoms with Crippen LogP contribution in [-0.2, 0) is 22.4 Å². The smallest absolute Gasteiger partial charge is 0.229 e. The standard InChI is InChI=1S/C21H23ClN2O2/c1-2-15-5-9-19(10-6-15)23-21(26)17-13-20(25)24(14-17)12-11-16-3-7-18(22)8-4-16/h3-10,17H,2,11-14H2,1H3,(H,23,26). The van der Waals surface area contributed by atoms with E-state index in [0.717, 1.165) is 24.1 Å². The number of likely N-dealkylation sites (tertiary alicyclic amines) is 1. The molecule has 136 valence electrons. The summed E-state index contributed by atoms with van der Waals surface area (Å²) in [6.45, 7) is 3.19. The first kappa shape index (κ1) is 18.5. The van der Waals surface area contributed by atoms with Crippen molar-refractivity contribution in [3.8, 4) is 0 Å². The Morgan fingerprint density at radius 2 is 1.77 bits per heavy atom. The van der Waals surface area contributed by atoms with Gasteiger partial charge in [-0.15, -0.1) is 0 Å². The van der Waals surface area contributed by atoms with Gasteiger partial charge < -0.3 is 10.2 Å². The van der Waals surface area contributed by atoms with Crippen LogP contribution < -0.4 is 5.32 Å². The van der Waals surface area contributed by atoms with Gasteiger partial charge in [0.2, 0.25) is 11.8 Å². The van der Waals surface area contributed by atoms with Crippen LogP contribution in [-0.4, -0.2) is 29.8 Å². The van der Waals surface area contributed by atoms with Crippen LogP contribution in [0.2, 0.25) is 5.02 Å². The monoisotopic (exact) mass is 370 g/mol. The molecule has 4 nitrogen and oxygen atoms in total. The molecule has 1 unspecified atom stereocenters.